The molecule has 1 aromatic carbocycles. The first kappa shape index (κ1) is 15.8. The lowest BCUT2D eigenvalue weighted by Crippen LogP contribution is -2.15. The predicted octanol–water partition coefficient (Wildman–Crippen LogP) is 2.27. The number of fused-ring (bicyclic) bond motifs is 1. The molecular formula is C16H25N3O2. The minimum atomic E-state index is -0.0446. The lowest BCUT2D eigenvalue weighted by atomic mass is 10.3. The Morgan fingerprint density at radius 3 is 2.71 bits per heavy atom. The average Bonchev–Trinajstić information content (AvgIpc) is 2.75. The maximum Gasteiger partial charge on any atom is 0.135 e. The summed E-state index contributed by atoms with van der Waals surface area (Å²) in [6, 6.07) is 5.93. The van der Waals surface area contributed by atoms with Gasteiger partial charge in [0.15, 0.2) is 0 Å². The van der Waals surface area contributed by atoms with Crippen molar-refractivity contribution in [2.75, 3.05) is 20.6 Å². The maximum absolute atomic E-state index is 9.52. The van der Waals surface area contributed by atoms with E-state index >= 15 is 0 Å². The zero-order valence-corrected chi connectivity index (χ0v) is 13.3. The third kappa shape index (κ3) is 3.95. The van der Waals surface area contributed by atoms with E-state index in [0.717, 1.165) is 36.3 Å². The number of hydrogen-bond acceptors (Lipinski definition) is 4. The first-order chi connectivity index (χ1) is 10.0. The number of aromatic nitrogens is 2. The summed E-state index contributed by atoms with van der Waals surface area (Å²) in [7, 11) is 4.13. The molecule has 116 valence electrons. The molecule has 5 heteroatoms. The van der Waals surface area contributed by atoms with Crippen molar-refractivity contribution in [1.29, 1.82) is 0 Å². The van der Waals surface area contributed by atoms with E-state index < -0.39 is 0 Å². The Morgan fingerprint density at radius 1 is 1.33 bits per heavy atom. The van der Waals surface area contributed by atoms with E-state index in [1.165, 1.54) is 0 Å². The summed E-state index contributed by atoms with van der Waals surface area (Å²) in [4.78, 5) is 6.68. The molecule has 1 aromatic heterocycles. The van der Waals surface area contributed by atoms with Gasteiger partial charge in [-0.3, -0.25) is 0 Å². The normalized spacial score (nSPS) is 11.8. The molecule has 0 amide bonds. The Labute approximate surface area is 126 Å². The summed E-state index contributed by atoms with van der Waals surface area (Å²) in [5.74, 6) is 1.53. The third-order valence-corrected chi connectivity index (χ3v) is 3.30. The van der Waals surface area contributed by atoms with Crippen LogP contribution in [0.25, 0.3) is 11.0 Å². The smallest absolute Gasteiger partial charge is 0.135 e. The Morgan fingerprint density at radius 2 is 2.10 bits per heavy atom. The summed E-state index contributed by atoms with van der Waals surface area (Å²) in [5, 5.41) is 9.52. The van der Waals surface area contributed by atoms with E-state index in [1.54, 1.807) is 0 Å². The van der Waals surface area contributed by atoms with E-state index in [0.29, 0.717) is 5.82 Å². The number of aliphatic hydroxyl groups excluding tert-OH is 1. The van der Waals surface area contributed by atoms with Gasteiger partial charge in [-0.15, -0.1) is 0 Å². The highest BCUT2D eigenvalue weighted by atomic mass is 16.5. The van der Waals surface area contributed by atoms with Crippen molar-refractivity contribution in [2.45, 2.75) is 39.5 Å². The molecule has 0 fully saturated rings. The topological polar surface area (TPSA) is 50.5 Å². The summed E-state index contributed by atoms with van der Waals surface area (Å²) >= 11 is 0. The van der Waals surface area contributed by atoms with Crippen molar-refractivity contribution < 1.29 is 9.84 Å². The molecule has 0 saturated heterocycles. The highest BCUT2D eigenvalue weighted by molar-refractivity contribution is 5.77. The highest BCUT2D eigenvalue weighted by Crippen LogP contribution is 2.23. The van der Waals surface area contributed by atoms with Gasteiger partial charge in [0.2, 0.25) is 0 Å². The molecule has 1 N–H and O–H groups in total. The minimum absolute atomic E-state index is 0.0446. The summed E-state index contributed by atoms with van der Waals surface area (Å²) in [6.45, 7) is 5.83. The van der Waals surface area contributed by atoms with Crippen molar-refractivity contribution in [1.82, 2.24) is 14.5 Å². The number of hydrogen-bond donors (Lipinski definition) is 1. The number of imidazole rings is 1. The second-order valence-electron chi connectivity index (χ2n) is 5.81. The fourth-order valence-electron chi connectivity index (χ4n) is 2.42. The van der Waals surface area contributed by atoms with Gasteiger partial charge in [0.05, 0.1) is 17.1 Å². The third-order valence-electron chi connectivity index (χ3n) is 3.30. The number of benzene rings is 1. The molecule has 0 bridgehead atoms. The second-order valence-corrected chi connectivity index (χ2v) is 5.81. The van der Waals surface area contributed by atoms with Crippen LogP contribution in [0.15, 0.2) is 18.2 Å². The summed E-state index contributed by atoms with van der Waals surface area (Å²) < 4.78 is 7.79. The van der Waals surface area contributed by atoms with Gasteiger partial charge in [0, 0.05) is 12.6 Å². The molecule has 0 spiro atoms. The van der Waals surface area contributed by atoms with E-state index in [-0.39, 0.29) is 12.7 Å². The van der Waals surface area contributed by atoms with Crippen LogP contribution < -0.4 is 4.74 Å². The molecule has 0 aliphatic heterocycles. The SMILES string of the molecule is CC(C)Oc1ccc2c(c1)nc(CO)n2CCCN(C)C. The van der Waals surface area contributed by atoms with Gasteiger partial charge in [-0.25, -0.2) is 4.98 Å². The van der Waals surface area contributed by atoms with Crippen molar-refractivity contribution in [2.24, 2.45) is 0 Å². The quantitative estimate of drug-likeness (QED) is 0.850. The fourth-order valence-corrected chi connectivity index (χ4v) is 2.42. The number of ether oxygens (including phenoxy) is 1. The second kappa shape index (κ2) is 6.91. The number of nitrogens with zero attached hydrogens (tertiary/aromatic N) is 3. The van der Waals surface area contributed by atoms with Gasteiger partial charge in [-0.2, -0.15) is 0 Å². The van der Waals surface area contributed by atoms with Gasteiger partial charge in [0.1, 0.15) is 18.2 Å². The molecule has 1 heterocycles. The molecule has 0 atom stereocenters. The van der Waals surface area contributed by atoms with Crippen LogP contribution in [-0.4, -0.2) is 46.3 Å². The number of rotatable bonds is 7. The van der Waals surface area contributed by atoms with Crippen LogP contribution in [0.2, 0.25) is 0 Å². The molecule has 0 aliphatic carbocycles. The van der Waals surface area contributed by atoms with Crippen molar-refractivity contribution in [3.05, 3.63) is 24.0 Å². The van der Waals surface area contributed by atoms with Gasteiger partial charge in [0.25, 0.3) is 0 Å². The van der Waals surface area contributed by atoms with Crippen molar-refractivity contribution in [3.63, 3.8) is 0 Å². The molecular weight excluding hydrogens is 266 g/mol. The molecule has 2 aromatic rings. The zero-order valence-electron chi connectivity index (χ0n) is 13.3. The zero-order chi connectivity index (χ0) is 15.4. The van der Waals surface area contributed by atoms with Crippen molar-refractivity contribution >= 4 is 11.0 Å². The Bertz CT molecular complexity index is 590. The molecule has 0 radical (unpaired) electrons. The minimum Gasteiger partial charge on any atom is -0.491 e. The van der Waals surface area contributed by atoms with E-state index in [9.17, 15) is 5.11 Å². The lowest BCUT2D eigenvalue weighted by molar-refractivity contribution is 0.242. The van der Waals surface area contributed by atoms with Gasteiger partial charge in [-0.05, 0) is 53.0 Å². The van der Waals surface area contributed by atoms with E-state index in [1.807, 2.05) is 32.0 Å². The molecule has 0 saturated carbocycles. The van der Waals surface area contributed by atoms with Crippen LogP contribution in [-0.2, 0) is 13.2 Å². The first-order valence-electron chi connectivity index (χ1n) is 7.42. The molecule has 2 rings (SSSR count). The maximum atomic E-state index is 9.52. The van der Waals surface area contributed by atoms with Gasteiger partial charge < -0.3 is 19.3 Å². The van der Waals surface area contributed by atoms with Crippen LogP contribution >= 0.6 is 0 Å². The molecule has 21 heavy (non-hydrogen) atoms. The van der Waals surface area contributed by atoms with Gasteiger partial charge in [-0.1, -0.05) is 0 Å². The number of aryl methyl sites for hydroxylation is 1. The van der Waals surface area contributed by atoms with Gasteiger partial charge >= 0.3 is 0 Å². The van der Waals surface area contributed by atoms with Crippen LogP contribution in [0.3, 0.4) is 0 Å². The lowest BCUT2D eigenvalue weighted by Gasteiger charge is -2.12. The summed E-state index contributed by atoms with van der Waals surface area (Å²) in [6.07, 6.45) is 1.16. The van der Waals surface area contributed by atoms with Crippen LogP contribution in [0.4, 0.5) is 0 Å². The molecule has 0 unspecified atom stereocenters. The number of aliphatic hydroxyl groups is 1. The largest absolute Gasteiger partial charge is 0.491 e. The van der Waals surface area contributed by atoms with E-state index in [4.69, 9.17) is 4.74 Å². The monoisotopic (exact) mass is 291 g/mol. The van der Waals surface area contributed by atoms with Crippen LogP contribution in [0.1, 0.15) is 26.1 Å². The van der Waals surface area contributed by atoms with Crippen LogP contribution in [0.5, 0.6) is 5.75 Å². The van der Waals surface area contributed by atoms with Crippen molar-refractivity contribution in [3.8, 4) is 5.75 Å². The van der Waals surface area contributed by atoms with E-state index in [2.05, 4.69) is 28.5 Å². The van der Waals surface area contributed by atoms with Crippen LogP contribution in [0, 0.1) is 0 Å². The standard InChI is InChI=1S/C16H25N3O2/c1-12(2)21-13-6-7-15-14(10-13)17-16(11-20)19(15)9-5-8-18(3)4/h6-7,10,12,20H,5,8-9,11H2,1-4H3. The Kier molecular flexibility index (Phi) is 5.20. The Hall–Kier alpha value is -1.59. The molecule has 5 nitrogen and oxygen atoms in total. The molecule has 0 aliphatic rings. The predicted molar refractivity (Wildman–Crippen MR) is 84.6 cm³/mol. The summed E-state index contributed by atoms with van der Waals surface area (Å²) in [5.41, 5.74) is 1.93. The fraction of sp³-hybridized carbons (Fsp3) is 0.562. The Balaban J connectivity index is 2.26. The highest BCUT2D eigenvalue weighted by Gasteiger charge is 2.11. The average molecular weight is 291 g/mol. The first-order valence-corrected chi connectivity index (χ1v) is 7.42.